The molecule has 3 N–H and O–H groups in total. The van der Waals surface area contributed by atoms with Crippen molar-refractivity contribution >= 4 is 22.5 Å². The Hall–Kier alpha value is -4.10. The van der Waals surface area contributed by atoms with Gasteiger partial charge in [0.2, 0.25) is 5.91 Å². The third-order valence-electron chi connectivity index (χ3n) is 8.53. The maximum Gasteiger partial charge on any atom is 0.406 e. The van der Waals surface area contributed by atoms with Crippen LogP contribution in [0.5, 0.6) is 0 Å². The Kier molecular flexibility index (Phi) is 11.9. The van der Waals surface area contributed by atoms with Gasteiger partial charge in [0.15, 0.2) is 0 Å². The van der Waals surface area contributed by atoms with Crippen LogP contribution in [0, 0.1) is 29.1 Å². The van der Waals surface area contributed by atoms with Crippen LogP contribution >= 0.6 is 0 Å². The number of amides is 1. The lowest BCUT2D eigenvalue weighted by atomic mass is 9.90. The first-order valence-corrected chi connectivity index (χ1v) is 15.8. The lowest BCUT2D eigenvalue weighted by Gasteiger charge is -2.33. The van der Waals surface area contributed by atoms with Crippen LogP contribution in [0.15, 0.2) is 42.6 Å². The predicted molar refractivity (Wildman–Crippen MR) is 174 cm³/mol. The second kappa shape index (κ2) is 15.7. The van der Waals surface area contributed by atoms with Crippen molar-refractivity contribution < 1.29 is 28.2 Å². The van der Waals surface area contributed by atoms with Gasteiger partial charge in [-0.25, -0.2) is 0 Å². The molecule has 1 saturated heterocycles. The van der Waals surface area contributed by atoms with Crippen LogP contribution in [0.1, 0.15) is 50.1 Å². The number of rotatable bonds is 12. The number of pyridine rings is 1. The van der Waals surface area contributed by atoms with Crippen molar-refractivity contribution in [1.29, 1.82) is 5.26 Å². The zero-order chi connectivity index (χ0) is 34.2. The Morgan fingerprint density at radius 2 is 1.94 bits per heavy atom. The molecule has 1 amide bonds. The van der Waals surface area contributed by atoms with Crippen LogP contribution in [-0.2, 0) is 23.2 Å². The number of anilines is 1. The van der Waals surface area contributed by atoms with Crippen molar-refractivity contribution in [1.82, 2.24) is 19.4 Å². The molecule has 47 heavy (non-hydrogen) atoms. The minimum absolute atomic E-state index is 0.00592. The van der Waals surface area contributed by atoms with E-state index in [1.165, 1.54) is 4.57 Å². The van der Waals surface area contributed by atoms with Gasteiger partial charge >= 0.3 is 6.18 Å². The highest BCUT2D eigenvalue weighted by molar-refractivity contribution is 5.83. The molecule has 0 bridgehead atoms. The van der Waals surface area contributed by atoms with Crippen LogP contribution in [0.4, 0.5) is 18.9 Å². The molecule has 1 fully saturated rings. The molecule has 9 nitrogen and oxygen atoms in total. The molecule has 252 valence electrons. The summed E-state index contributed by atoms with van der Waals surface area (Å²) in [6.45, 7) is 4.03. The van der Waals surface area contributed by atoms with Crippen molar-refractivity contribution in [3.8, 4) is 17.9 Å². The van der Waals surface area contributed by atoms with Crippen LogP contribution in [0.25, 0.3) is 10.9 Å². The molecule has 1 unspecified atom stereocenters. The summed E-state index contributed by atoms with van der Waals surface area (Å²) in [5.41, 5.74) is 2.43. The number of likely N-dealkylation sites (N-methyl/N-ethyl adjacent to an activating group) is 1. The van der Waals surface area contributed by atoms with E-state index < -0.39 is 24.2 Å². The average Bonchev–Trinajstić information content (AvgIpc) is 3.37. The second-order valence-electron chi connectivity index (χ2n) is 12.8. The third kappa shape index (κ3) is 10.2. The number of aliphatic hydroxyl groups excluding tert-OH is 2. The summed E-state index contributed by atoms with van der Waals surface area (Å²) in [6.07, 6.45) is -0.215. The van der Waals surface area contributed by atoms with Gasteiger partial charge in [-0.05, 0) is 94.3 Å². The molecule has 1 aromatic carbocycles. The van der Waals surface area contributed by atoms with Gasteiger partial charge in [-0.15, -0.1) is 0 Å². The summed E-state index contributed by atoms with van der Waals surface area (Å²) in [5, 5.41) is 31.7. The lowest BCUT2D eigenvalue weighted by molar-refractivity contribution is -0.140. The summed E-state index contributed by atoms with van der Waals surface area (Å²) in [7, 11) is 1.74. The minimum Gasteiger partial charge on any atom is -0.394 e. The van der Waals surface area contributed by atoms with Gasteiger partial charge in [-0.2, -0.15) is 18.4 Å². The fourth-order valence-corrected chi connectivity index (χ4v) is 5.79. The summed E-state index contributed by atoms with van der Waals surface area (Å²) < 4.78 is 41.8. The van der Waals surface area contributed by atoms with E-state index in [9.17, 15) is 28.3 Å². The molecule has 3 aromatic rings. The number of aliphatic hydroxyl groups is 2. The third-order valence-corrected chi connectivity index (χ3v) is 8.53. The molecule has 4 rings (SSSR count). The minimum atomic E-state index is -4.41. The summed E-state index contributed by atoms with van der Waals surface area (Å²) in [4.78, 5) is 20.5. The standard InChI is InChI=1S/C35H43F3N6O3/c1-34(2,23-39)32-11-9-28(19-41-32)40-14-4-5-29-18-27-17-26(8-10-31(27)44(29)24-35(36,37)38)7-6-25-12-15-43(16-13-25)33(47)21-42(3)20-30(46)22-45/h8-11,17-19,25,30,40,45-46H,6-7,12-16,20-22,24H2,1-3H3. The van der Waals surface area contributed by atoms with Gasteiger partial charge in [0, 0.05) is 30.5 Å². The average molecular weight is 653 g/mol. The lowest BCUT2D eigenvalue weighted by Crippen LogP contribution is -2.45. The maximum absolute atomic E-state index is 13.5. The number of hydrogen-bond donors (Lipinski definition) is 3. The molecule has 1 aliphatic rings. The molecule has 1 atom stereocenters. The molecular weight excluding hydrogens is 609 g/mol. The fraction of sp³-hybridized carbons (Fsp3) is 0.514. The van der Waals surface area contributed by atoms with Crippen molar-refractivity contribution in [3.05, 3.63) is 59.5 Å². The molecule has 3 heterocycles. The number of nitrogens with one attached hydrogen (secondary N) is 1. The largest absolute Gasteiger partial charge is 0.406 e. The Morgan fingerprint density at radius 1 is 1.19 bits per heavy atom. The van der Waals surface area contributed by atoms with Gasteiger partial charge in [0.25, 0.3) is 0 Å². The molecule has 1 aliphatic heterocycles. The highest BCUT2D eigenvalue weighted by Gasteiger charge is 2.30. The number of benzene rings is 1. The normalized spacial score (nSPS) is 14.9. The van der Waals surface area contributed by atoms with E-state index in [0.29, 0.717) is 41.3 Å². The summed E-state index contributed by atoms with van der Waals surface area (Å²) in [6, 6.07) is 13.0. The highest BCUT2D eigenvalue weighted by Crippen LogP contribution is 2.28. The first kappa shape index (κ1) is 35.7. The van der Waals surface area contributed by atoms with E-state index in [2.05, 4.69) is 28.2 Å². The van der Waals surface area contributed by atoms with Crippen molar-refractivity contribution in [3.63, 3.8) is 0 Å². The number of piperidine rings is 1. The maximum atomic E-state index is 13.5. The molecule has 0 spiro atoms. The Morgan fingerprint density at radius 3 is 2.57 bits per heavy atom. The first-order valence-electron chi connectivity index (χ1n) is 15.8. The molecule has 2 aromatic heterocycles. The number of aryl methyl sites for hydroxylation is 1. The van der Waals surface area contributed by atoms with Crippen molar-refractivity contribution in [2.24, 2.45) is 5.92 Å². The zero-order valence-corrected chi connectivity index (χ0v) is 27.1. The SMILES string of the molecule is CN(CC(=O)N1CCC(CCc2ccc3c(c2)cc(C#CCNc2ccc(C(C)(C)C#N)nc2)n3CC(F)(F)F)CC1)CC(O)CO. The van der Waals surface area contributed by atoms with Gasteiger partial charge in [-0.3, -0.25) is 14.7 Å². The van der Waals surface area contributed by atoms with Gasteiger partial charge in [-0.1, -0.05) is 12.0 Å². The highest BCUT2D eigenvalue weighted by atomic mass is 19.4. The quantitative estimate of drug-likeness (QED) is 0.250. The number of nitrogens with zero attached hydrogens (tertiary/aromatic N) is 5. The number of nitriles is 1. The number of halogens is 3. The smallest absolute Gasteiger partial charge is 0.394 e. The number of fused-ring (bicyclic) bond motifs is 1. The van der Waals surface area contributed by atoms with Gasteiger partial charge in [0.05, 0.1) is 60.6 Å². The number of aromatic nitrogens is 2. The van der Waals surface area contributed by atoms with Crippen molar-refractivity contribution in [2.45, 2.75) is 63.8 Å². The Bertz CT molecular complexity index is 1610. The van der Waals surface area contributed by atoms with Crippen LogP contribution in [-0.4, -0.2) is 94.1 Å². The van der Waals surface area contributed by atoms with E-state index in [1.807, 2.05) is 17.0 Å². The van der Waals surface area contributed by atoms with Crippen LogP contribution in [0.2, 0.25) is 0 Å². The van der Waals surface area contributed by atoms with E-state index in [0.717, 1.165) is 31.2 Å². The number of alkyl halides is 3. The summed E-state index contributed by atoms with van der Waals surface area (Å²) in [5.74, 6) is 6.28. The Balaban J connectivity index is 1.35. The van der Waals surface area contributed by atoms with E-state index in [-0.39, 0.29) is 37.8 Å². The fourth-order valence-electron chi connectivity index (χ4n) is 5.79. The number of hydrogen-bond acceptors (Lipinski definition) is 7. The number of carbonyl (C=O) groups is 1. The van der Waals surface area contributed by atoms with E-state index >= 15 is 0 Å². The molecule has 0 aliphatic carbocycles. The molecule has 12 heteroatoms. The Labute approximate surface area is 274 Å². The molecule has 0 saturated carbocycles. The number of likely N-dealkylation sites (tertiary alicyclic amines) is 1. The predicted octanol–water partition coefficient (Wildman–Crippen LogP) is 4.32. The number of carbonyl (C=O) groups excluding carboxylic acids is 1. The van der Waals surface area contributed by atoms with Crippen LogP contribution < -0.4 is 5.32 Å². The van der Waals surface area contributed by atoms with Gasteiger partial charge in [0.1, 0.15) is 6.54 Å². The monoisotopic (exact) mass is 652 g/mol. The zero-order valence-electron chi connectivity index (χ0n) is 27.1. The van der Waals surface area contributed by atoms with E-state index in [1.54, 1.807) is 56.3 Å². The summed E-state index contributed by atoms with van der Waals surface area (Å²) >= 11 is 0. The van der Waals surface area contributed by atoms with Crippen LogP contribution in [0.3, 0.4) is 0 Å². The molecule has 0 radical (unpaired) electrons. The topological polar surface area (TPSA) is 118 Å². The first-order chi connectivity index (χ1) is 22.3. The molecular formula is C35H43F3N6O3. The van der Waals surface area contributed by atoms with E-state index in [4.69, 9.17) is 5.11 Å². The van der Waals surface area contributed by atoms with Gasteiger partial charge < -0.3 is 25.0 Å². The van der Waals surface area contributed by atoms with Crippen molar-refractivity contribution in [2.75, 3.05) is 51.7 Å². The second-order valence-corrected chi connectivity index (χ2v) is 12.8.